The summed E-state index contributed by atoms with van der Waals surface area (Å²) in [6.45, 7) is 14.3. The molecule has 6 aromatic rings. The smallest absolute Gasteiger partial charge is 0.243 e. The van der Waals surface area contributed by atoms with Crippen molar-refractivity contribution in [2.75, 3.05) is 110 Å². The van der Waals surface area contributed by atoms with Crippen molar-refractivity contribution in [2.24, 2.45) is 0 Å². The average molecular weight is 1030 g/mol. The molecule has 0 amide bonds. The van der Waals surface area contributed by atoms with Crippen LogP contribution in [0.2, 0.25) is 0 Å². The maximum Gasteiger partial charge on any atom is 0.243 e. The SMILES string of the molecule is CCN(CCN1CCN(c2ccc(Nc3ncc(C)c(Nc4cccc(S(=O)(=O)NC5CCCCC5)c4)n3)cc2)CC1)S(=O)(=O)c1cccc(Nc2nc(Nc3ccc(N4CCN(C)CC4)cc3)ncc2C)c1. The standard InChI is InChI=1S/C53H68N14O4S2/c1-5-67(73(70,71)49-16-10-14-45(36-49)57-51-40(3)38-55-53(61-51)58-41-17-21-46(22-18-41)65-30-25-63(4)26-31-65)34-29-64-27-32-66(33-28-64)47-23-19-42(20-24-47)59-52-54-37-39(2)50(60-52)56-44-13-9-15-48(35-44)72(68,69)62-43-11-7-6-8-12-43/h9-10,13-24,35-38,43,62H,5-8,11-12,25-34H2,1-4H3,(H2,54,56,59,60)(H2,55,57,58,61). The minimum atomic E-state index is -3.79. The van der Waals surface area contributed by atoms with Crippen molar-refractivity contribution in [3.05, 3.63) is 121 Å². The van der Waals surface area contributed by atoms with E-state index in [2.05, 4.69) is 86.9 Å². The van der Waals surface area contributed by atoms with Gasteiger partial charge >= 0.3 is 0 Å². The van der Waals surface area contributed by atoms with Gasteiger partial charge in [-0.3, -0.25) is 4.90 Å². The lowest BCUT2D eigenvalue weighted by molar-refractivity contribution is 0.238. The number of rotatable bonds is 19. The Morgan fingerprint density at radius 2 is 1.08 bits per heavy atom. The first-order chi connectivity index (χ1) is 35.3. The Kier molecular flexibility index (Phi) is 16.4. The van der Waals surface area contributed by atoms with Crippen molar-refractivity contribution < 1.29 is 16.8 Å². The van der Waals surface area contributed by atoms with E-state index in [4.69, 9.17) is 9.97 Å². The average Bonchev–Trinajstić information content (AvgIpc) is 3.40. The number of anilines is 10. The molecular weight excluding hydrogens is 961 g/mol. The number of aryl methyl sites for hydroxylation is 2. The van der Waals surface area contributed by atoms with Crippen molar-refractivity contribution >= 4 is 77.7 Å². The molecule has 0 unspecified atom stereocenters. The van der Waals surface area contributed by atoms with Gasteiger partial charge in [0.25, 0.3) is 0 Å². The number of piperazine rings is 2. The molecule has 18 nitrogen and oxygen atoms in total. The largest absolute Gasteiger partial charge is 0.369 e. The van der Waals surface area contributed by atoms with E-state index in [1.807, 2.05) is 57.2 Å². The van der Waals surface area contributed by atoms with E-state index in [1.54, 1.807) is 53.1 Å². The molecular formula is C53H68N14O4S2. The molecule has 2 aromatic heterocycles. The molecule has 73 heavy (non-hydrogen) atoms. The summed E-state index contributed by atoms with van der Waals surface area (Å²) in [7, 11) is -5.29. The maximum absolute atomic E-state index is 14.1. The van der Waals surface area contributed by atoms with E-state index in [0.717, 1.165) is 113 Å². The highest BCUT2D eigenvalue weighted by Gasteiger charge is 2.26. The predicted molar refractivity (Wildman–Crippen MR) is 292 cm³/mol. The quantitative estimate of drug-likeness (QED) is 0.0522. The summed E-state index contributed by atoms with van der Waals surface area (Å²) in [6.07, 6.45) is 8.44. The normalized spacial score (nSPS) is 16.4. The number of benzene rings is 4. The summed E-state index contributed by atoms with van der Waals surface area (Å²) < 4.78 is 59.0. The lowest BCUT2D eigenvalue weighted by Crippen LogP contribution is -2.49. The van der Waals surface area contributed by atoms with E-state index in [1.165, 1.54) is 5.69 Å². The first-order valence-electron chi connectivity index (χ1n) is 25.4. The van der Waals surface area contributed by atoms with Crippen LogP contribution in [0, 0.1) is 13.8 Å². The Balaban J connectivity index is 0.746. The fraction of sp³-hybridized carbons (Fsp3) is 0.396. The van der Waals surface area contributed by atoms with Gasteiger partial charge in [-0.2, -0.15) is 14.3 Å². The van der Waals surface area contributed by atoms with E-state index in [9.17, 15) is 16.8 Å². The van der Waals surface area contributed by atoms with E-state index < -0.39 is 20.0 Å². The van der Waals surface area contributed by atoms with Gasteiger partial charge < -0.3 is 36.0 Å². The molecule has 1 saturated carbocycles. The van der Waals surface area contributed by atoms with Crippen LogP contribution >= 0.6 is 0 Å². The Bertz CT molecular complexity index is 3030. The highest BCUT2D eigenvalue weighted by Crippen LogP contribution is 2.29. The van der Waals surface area contributed by atoms with E-state index >= 15 is 0 Å². The van der Waals surface area contributed by atoms with Crippen LogP contribution in [0.15, 0.2) is 119 Å². The summed E-state index contributed by atoms with van der Waals surface area (Å²) in [5.74, 6) is 1.99. The van der Waals surface area contributed by atoms with Crippen molar-refractivity contribution in [1.82, 2.24) is 38.8 Å². The number of nitrogens with one attached hydrogen (secondary N) is 5. The van der Waals surface area contributed by atoms with Crippen LogP contribution in [0.4, 0.5) is 57.7 Å². The van der Waals surface area contributed by atoms with Crippen LogP contribution in [0.3, 0.4) is 0 Å². The summed E-state index contributed by atoms with van der Waals surface area (Å²) in [4.78, 5) is 28.3. The first kappa shape index (κ1) is 51.5. The number of sulfonamides is 2. The molecule has 4 aromatic carbocycles. The molecule has 0 spiro atoms. The third kappa shape index (κ3) is 13.2. The topological polar surface area (TPSA) is 196 Å². The van der Waals surface area contributed by atoms with E-state index in [-0.39, 0.29) is 15.8 Å². The van der Waals surface area contributed by atoms with Gasteiger partial charge in [0.15, 0.2) is 0 Å². The van der Waals surface area contributed by atoms with Gasteiger partial charge in [-0.25, -0.2) is 31.5 Å². The minimum absolute atomic E-state index is 0.0273. The molecule has 5 N–H and O–H groups in total. The fourth-order valence-electron chi connectivity index (χ4n) is 9.43. The molecule has 2 saturated heterocycles. The van der Waals surface area contributed by atoms with Crippen molar-refractivity contribution in [2.45, 2.75) is 68.7 Å². The molecule has 386 valence electrons. The monoisotopic (exact) mass is 1030 g/mol. The van der Waals surface area contributed by atoms with Crippen LogP contribution in [-0.2, 0) is 20.0 Å². The van der Waals surface area contributed by atoms with Gasteiger partial charge in [0.2, 0.25) is 31.9 Å². The second-order valence-corrected chi connectivity index (χ2v) is 22.8. The zero-order chi connectivity index (χ0) is 51.0. The van der Waals surface area contributed by atoms with Gasteiger partial charge in [-0.05, 0) is 119 Å². The fourth-order valence-corrected chi connectivity index (χ4v) is 12.3. The van der Waals surface area contributed by atoms with Gasteiger partial charge in [0, 0.05) is 136 Å². The molecule has 2 aliphatic heterocycles. The molecule has 0 radical (unpaired) electrons. The molecule has 3 fully saturated rings. The molecule has 9 rings (SSSR count). The molecule has 0 bridgehead atoms. The van der Waals surface area contributed by atoms with Crippen molar-refractivity contribution in [1.29, 1.82) is 0 Å². The van der Waals surface area contributed by atoms with Gasteiger partial charge in [0.05, 0.1) is 9.79 Å². The number of hydrogen-bond acceptors (Lipinski definition) is 16. The summed E-state index contributed by atoms with van der Waals surface area (Å²) in [6, 6.07) is 30.1. The number of aromatic nitrogens is 4. The molecule has 1 aliphatic carbocycles. The number of nitrogens with zero attached hydrogens (tertiary/aromatic N) is 9. The molecule has 3 aliphatic rings. The maximum atomic E-state index is 14.1. The molecule has 0 atom stereocenters. The number of likely N-dealkylation sites (N-methyl/N-ethyl adjacent to an activating group) is 2. The minimum Gasteiger partial charge on any atom is -0.369 e. The summed E-state index contributed by atoms with van der Waals surface area (Å²) >= 11 is 0. The van der Waals surface area contributed by atoms with E-state index in [0.29, 0.717) is 54.5 Å². The predicted octanol–water partition coefficient (Wildman–Crippen LogP) is 8.05. The highest BCUT2D eigenvalue weighted by molar-refractivity contribution is 7.89. The van der Waals surface area contributed by atoms with Gasteiger partial charge in [-0.1, -0.05) is 38.3 Å². The second kappa shape index (κ2) is 23.2. The van der Waals surface area contributed by atoms with Crippen molar-refractivity contribution in [3.63, 3.8) is 0 Å². The number of hydrogen-bond donors (Lipinski definition) is 5. The van der Waals surface area contributed by atoms with Crippen molar-refractivity contribution in [3.8, 4) is 0 Å². The Hall–Kier alpha value is -6.42. The van der Waals surface area contributed by atoms with Crippen LogP contribution in [0.25, 0.3) is 0 Å². The third-order valence-corrected chi connectivity index (χ3v) is 17.4. The second-order valence-electron chi connectivity index (χ2n) is 19.2. The summed E-state index contributed by atoms with van der Waals surface area (Å²) in [5.41, 5.74) is 6.85. The van der Waals surface area contributed by atoms with Gasteiger partial charge in [0.1, 0.15) is 11.6 Å². The Morgan fingerprint density at radius 1 is 0.589 bits per heavy atom. The third-order valence-electron chi connectivity index (χ3n) is 13.9. The Morgan fingerprint density at radius 3 is 1.60 bits per heavy atom. The molecule has 20 heteroatoms. The first-order valence-corrected chi connectivity index (χ1v) is 28.3. The van der Waals surface area contributed by atoms with Crippen LogP contribution < -0.4 is 35.8 Å². The van der Waals surface area contributed by atoms with Crippen LogP contribution in [0.1, 0.15) is 50.2 Å². The zero-order valence-electron chi connectivity index (χ0n) is 42.3. The zero-order valence-corrected chi connectivity index (χ0v) is 43.9. The van der Waals surface area contributed by atoms with Crippen LogP contribution in [-0.4, -0.2) is 136 Å². The van der Waals surface area contributed by atoms with Crippen LogP contribution in [0.5, 0.6) is 0 Å². The van der Waals surface area contributed by atoms with Gasteiger partial charge in [-0.15, -0.1) is 0 Å². The Labute approximate surface area is 430 Å². The highest BCUT2D eigenvalue weighted by atomic mass is 32.2. The summed E-state index contributed by atoms with van der Waals surface area (Å²) in [5, 5.41) is 13.3. The lowest BCUT2D eigenvalue weighted by Gasteiger charge is -2.37. The lowest BCUT2D eigenvalue weighted by atomic mass is 9.96. The molecule has 4 heterocycles.